The third-order valence-corrected chi connectivity index (χ3v) is 3.36. The molecule has 0 fully saturated rings. The minimum absolute atomic E-state index is 0.342. The second kappa shape index (κ2) is 6.90. The monoisotopic (exact) mass is 268 g/mol. The van der Waals surface area contributed by atoms with Gasteiger partial charge in [0.05, 0.1) is 17.3 Å². The fourth-order valence-corrected chi connectivity index (χ4v) is 2.21. The van der Waals surface area contributed by atoms with Gasteiger partial charge in [-0.2, -0.15) is 0 Å². The van der Waals surface area contributed by atoms with Gasteiger partial charge in [-0.15, -0.1) is 11.8 Å². The number of carbonyl (C=O) groups excluding carboxylic acids is 2. The average molecular weight is 268 g/mol. The summed E-state index contributed by atoms with van der Waals surface area (Å²) in [5.74, 6) is 0.368. The molecule has 2 N–H and O–H groups in total. The first-order valence-corrected chi connectivity index (χ1v) is 6.28. The Morgan fingerprint density at radius 1 is 1.33 bits per heavy atom. The van der Waals surface area contributed by atoms with Gasteiger partial charge in [0, 0.05) is 7.05 Å². The standard InChI is InChI=1S/C12H16N2O3S/c1-8(11(15)14-12(16)13-2)18-10-7-5-4-6-9(10)17-3/h4-8H,1-3H3,(H2,13,14,15,16)/t8-/m1/s1. The zero-order valence-corrected chi connectivity index (χ0v) is 11.3. The second-order valence-corrected chi connectivity index (χ2v) is 4.86. The Morgan fingerprint density at radius 3 is 2.61 bits per heavy atom. The number of hydrogen-bond donors (Lipinski definition) is 2. The number of urea groups is 1. The molecule has 0 bridgehead atoms. The molecular formula is C12H16N2O3S. The summed E-state index contributed by atoms with van der Waals surface area (Å²) in [7, 11) is 3.04. The lowest BCUT2D eigenvalue weighted by molar-refractivity contribution is -0.119. The molecule has 6 heteroatoms. The molecule has 3 amide bonds. The van der Waals surface area contributed by atoms with E-state index in [-0.39, 0.29) is 5.91 Å². The Bertz CT molecular complexity index is 437. The van der Waals surface area contributed by atoms with Crippen molar-refractivity contribution in [3.8, 4) is 5.75 Å². The van der Waals surface area contributed by atoms with E-state index in [1.165, 1.54) is 18.8 Å². The normalized spacial score (nSPS) is 11.5. The Kier molecular flexibility index (Phi) is 5.51. The minimum Gasteiger partial charge on any atom is -0.496 e. The zero-order valence-electron chi connectivity index (χ0n) is 10.5. The quantitative estimate of drug-likeness (QED) is 0.814. The highest BCUT2D eigenvalue weighted by molar-refractivity contribution is 8.00. The lowest BCUT2D eigenvalue weighted by Crippen LogP contribution is -2.41. The Labute approximate surface area is 110 Å². The van der Waals surface area contributed by atoms with Crippen LogP contribution in [0.3, 0.4) is 0 Å². The highest BCUT2D eigenvalue weighted by atomic mass is 32.2. The number of para-hydroxylation sites is 1. The molecule has 1 aromatic rings. The molecule has 0 aromatic heterocycles. The Hall–Kier alpha value is -1.69. The van der Waals surface area contributed by atoms with Crippen molar-refractivity contribution in [1.29, 1.82) is 0 Å². The number of amides is 3. The van der Waals surface area contributed by atoms with Gasteiger partial charge in [-0.1, -0.05) is 12.1 Å². The maximum absolute atomic E-state index is 11.7. The van der Waals surface area contributed by atoms with Crippen molar-refractivity contribution in [2.24, 2.45) is 0 Å². The van der Waals surface area contributed by atoms with Crippen molar-refractivity contribution in [1.82, 2.24) is 10.6 Å². The van der Waals surface area contributed by atoms with E-state index >= 15 is 0 Å². The molecule has 1 rings (SSSR count). The first-order valence-electron chi connectivity index (χ1n) is 5.40. The largest absolute Gasteiger partial charge is 0.496 e. The van der Waals surface area contributed by atoms with Crippen molar-refractivity contribution < 1.29 is 14.3 Å². The van der Waals surface area contributed by atoms with Gasteiger partial charge in [0.2, 0.25) is 5.91 Å². The molecule has 0 aliphatic carbocycles. The van der Waals surface area contributed by atoms with Crippen LogP contribution < -0.4 is 15.4 Å². The molecule has 1 aromatic carbocycles. The van der Waals surface area contributed by atoms with E-state index < -0.39 is 11.3 Å². The number of imide groups is 1. The van der Waals surface area contributed by atoms with E-state index in [9.17, 15) is 9.59 Å². The molecule has 0 aliphatic rings. The van der Waals surface area contributed by atoms with Crippen LogP contribution in [0.2, 0.25) is 0 Å². The minimum atomic E-state index is -0.507. The predicted molar refractivity (Wildman–Crippen MR) is 70.9 cm³/mol. The highest BCUT2D eigenvalue weighted by Crippen LogP contribution is 2.31. The third-order valence-electron chi connectivity index (χ3n) is 2.21. The van der Waals surface area contributed by atoms with Gasteiger partial charge in [-0.05, 0) is 19.1 Å². The van der Waals surface area contributed by atoms with E-state index in [4.69, 9.17) is 4.74 Å². The summed E-state index contributed by atoms with van der Waals surface area (Å²) in [5.41, 5.74) is 0. The van der Waals surface area contributed by atoms with Crippen molar-refractivity contribution in [2.45, 2.75) is 17.1 Å². The van der Waals surface area contributed by atoms with Crippen molar-refractivity contribution in [2.75, 3.05) is 14.2 Å². The van der Waals surface area contributed by atoms with Crippen molar-refractivity contribution in [3.05, 3.63) is 24.3 Å². The molecule has 18 heavy (non-hydrogen) atoms. The average Bonchev–Trinajstić information content (AvgIpc) is 2.39. The number of rotatable bonds is 4. The van der Waals surface area contributed by atoms with Gasteiger partial charge in [0.25, 0.3) is 0 Å². The Balaban J connectivity index is 2.66. The van der Waals surface area contributed by atoms with Crippen molar-refractivity contribution >= 4 is 23.7 Å². The maximum atomic E-state index is 11.7. The molecule has 0 saturated heterocycles. The molecule has 98 valence electrons. The van der Waals surface area contributed by atoms with Crippen LogP contribution in [0.5, 0.6) is 5.75 Å². The molecular weight excluding hydrogens is 252 g/mol. The zero-order chi connectivity index (χ0) is 13.5. The van der Waals surface area contributed by atoms with E-state index in [2.05, 4.69) is 10.6 Å². The van der Waals surface area contributed by atoms with E-state index in [0.717, 1.165) is 4.90 Å². The molecule has 0 saturated carbocycles. The second-order valence-electron chi connectivity index (χ2n) is 3.48. The summed E-state index contributed by atoms with van der Waals surface area (Å²) < 4.78 is 5.20. The van der Waals surface area contributed by atoms with E-state index in [1.807, 2.05) is 24.3 Å². The topological polar surface area (TPSA) is 67.4 Å². The lowest BCUT2D eigenvalue weighted by atomic mass is 10.3. The molecule has 0 aliphatic heterocycles. The summed E-state index contributed by atoms with van der Waals surface area (Å²) in [5, 5.41) is 4.18. The molecule has 0 radical (unpaired) electrons. The number of thioether (sulfide) groups is 1. The number of methoxy groups -OCH3 is 1. The van der Waals surface area contributed by atoms with Gasteiger partial charge in [0.1, 0.15) is 5.75 Å². The van der Waals surface area contributed by atoms with Crippen molar-refractivity contribution in [3.63, 3.8) is 0 Å². The fraction of sp³-hybridized carbons (Fsp3) is 0.333. The summed E-state index contributed by atoms with van der Waals surface area (Å²) >= 11 is 1.34. The van der Waals surface area contributed by atoms with Crippen LogP contribution in [-0.2, 0) is 4.79 Å². The number of ether oxygens (including phenoxy) is 1. The van der Waals surface area contributed by atoms with Crippen LogP contribution in [0.4, 0.5) is 4.79 Å². The van der Waals surface area contributed by atoms with Crippen LogP contribution in [0.15, 0.2) is 29.2 Å². The number of hydrogen-bond acceptors (Lipinski definition) is 4. The smallest absolute Gasteiger partial charge is 0.321 e. The van der Waals surface area contributed by atoms with Gasteiger partial charge in [-0.3, -0.25) is 10.1 Å². The maximum Gasteiger partial charge on any atom is 0.321 e. The summed E-state index contributed by atoms with van der Waals surface area (Å²) in [4.78, 5) is 23.6. The SMILES string of the molecule is CNC(=O)NC(=O)[C@@H](C)Sc1ccccc1OC. The molecule has 0 unspecified atom stereocenters. The van der Waals surface area contributed by atoms with Crippen LogP contribution in [0.25, 0.3) is 0 Å². The number of nitrogens with one attached hydrogen (secondary N) is 2. The number of carbonyl (C=O) groups is 2. The van der Waals surface area contributed by atoms with E-state index in [1.54, 1.807) is 14.0 Å². The van der Waals surface area contributed by atoms with E-state index in [0.29, 0.717) is 5.75 Å². The Morgan fingerprint density at radius 2 is 2.00 bits per heavy atom. The first-order chi connectivity index (χ1) is 8.58. The summed E-state index contributed by atoms with van der Waals surface area (Å²) in [6.07, 6.45) is 0. The lowest BCUT2D eigenvalue weighted by Gasteiger charge is -2.13. The molecule has 0 spiro atoms. The van der Waals surface area contributed by atoms with Crippen LogP contribution in [-0.4, -0.2) is 31.3 Å². The molecule has 5 nitrogen and oxygen atoms in total. The molecule has 1 atom stereocenters. The fourth-order valence-electron chi connectivity index (χ4n) is 1.24. The van der Waals surface area contributed by atoms with Gasteiger partial charge in [-0.25, -0.2) is 4.79 Å². The van der Waals surface area contributed by atoms with Gasteiger partial charge >= 0.3 is 6.03 Å². The predicted octanol–water partition coefficient (Wildman–Crippen LogP) is 1.63. The van der Waals surface area contributed by atoms with Crippen LogP contribution in [0.1, 0.15) is 6.92 Å². The van der Waals surface area contributed by atoms with Crippen LogP contribution >= 0.6 is 11.8 Å². The van der Waals surface area contributed by atoms with Gasteiger partial charge in [0.15, 0.2) is 0 Å². The van der Waals surface area contributed by atoms with Crippen LogP contribution in [0, 0.1) is 0 Å². The highest BCUT2D eigenvalue weighted by Gasteiger charge is 2.17. The summed E-state index contributed by atoms with van der Waals surface area (Å²) in [6, 6.07) is 6.91. The number of benzene rings is 1. The first kappa shape index (κ1) is 14.4. The van der Waals surface area contributed by atoms with Gasteiger partial charge < -0.3 is 10.1 Å². The summed E-state index contributed by atoms with van der Waals surface area (Å²) in [6.45, 7) is 1.73. The molecule has 0 heterocycles. The third kappa shape index (κ3) is 3.96.